The molecule has 0 bridgehead atoms. The van der Waals surface area contributed by atoms with Crippen LogP contribution in [0.15, 0.2) is 23.4 Å². The molecule has 15 heavy (non-hydrogen) atoms. The summed E-state index contributed by atoms with van der Waals surface area (Å²) in [7, 11) is 0. The van der Waals surface area contributed by atoms with Crippen LogP contribution in [0.5, 0.6) is 5.75 Å². The van der Waals surface area contributed by atoms with E-state index in [1.807, 2.05) is 13.8 Å². The highest BCUT2D eigenvalue weighted by Gasteiger charge is 2.06. The number of phenols is 1. The Hall–Kier alpha value is -1.29. The standard InChI is InChI=1S/C10H14N2O2.ClH/c1-3-12(4-2)8-5-6-9(11-14)10(13)7-8;/h5-7,13H,3-4H2,1-2H3;1H. The number of benzene rings is 1. The number of halogens is 1. The number of hydrogen-bond donors (Lipinski definition) is 1. The van der Waals surface area contributed by atoms with Crippen molar-refractivity contribution in [1.29, 1.82) is 0 Å². The van der Waals surface area contributed by atoms with Crippen LogP contribution in [-0.4, -0.2) is 18.2 Å². The Labute approximate surface area is 95.3 Å². The molecule has 4 nitrogen and oxygen atoms in total. The first kappa shape index (κ1) is 13.7. The number of rotatable bonds is 4. The number of phenolic OH excluding ortho intramolecular Hbond substituents is 1. The maximum atomic E-state index is 10.2. The number of nitrogens with zero attached hydrogens (tertiary/aromatic N) is 2. The first-order chi connectivity index (χ1) is 6.72. The zero-order valence-electron chi connectivity index (χ0n) is 8.80. The van der Waals surface area contributed by atoms with Gasteiger partial charge in [0.2, 0.25) is 0 Å². The van der Waals surface area contributed by atoms with Crippen molar-refractivity contribution in [3.8, 4) is 5.75 Å². The molecule has 0 aromatic heterocycles. The molecule has 0 aliphatic carbocycles. The van der Waals surface area contributed by atoms with Gasteiger partial charge in [0, 0.05) is 24.8 Å². The fourth-order valence-corrected chi connectivity index (χ4v) is 1.37. The number of anilines is 1. The Balaban J connectivity index is 0.00000196. The second kappa shape index (κ2) is 6.24. The lowest BCUT2D eigenvalue weighted by Gasteiger charge is -2.20. The van der Waals surface area contributed by atoms with Gasteiger partial charge in [0.15, 0.2) is 0 Å². The second-order valence-corrected chi connectivity index (χ2v) is 2.94. The maximum Gasteiger partial charge on any atom is 0.149 e. The number of aromatic hydroxyl groups is 1. The quantitative estimate of drug-likeness (QED) is 0.809. The molecule has 0 amide bonds. The molecule has 1 aromatic carbocycles. The molecule has 84 valence electrons. The minimum absolute atomic E-state index is 0. The minimum atomic E-state index is -0.0654. The molecule has 0 aliphatic rings. The van der Waals surface area contributed by atoms with Gasteiger partial charge in [-0.15, -0.1) is 17.3 Å². The van der Waals surface area contributed by atoms with E-state index in [1.54, 1.807) is 12.1 Å². The van der Waals surface area contributed by atoms with Gasteiger partial charge in [0.1, 0.15) is 11.4 Å². The van der Waals surface area contributed by atoms with Crippen molar-refractivity contribution in [1.82, 2.24) is 0 Å². The van der Waals surface area contributed by atoms with Crippen molar-refractivity contribution < 1.29 is 5.11 Å². The van der Waals surface area contributed by atoms with Crippen molar-refractivity contribution in [2.45, 2.75) is 13.8 Å². The lowest BCUT2D eigenvalue weighted by atomic mass is 10.2. The maximum absolute atomic E-state index is 10.2. The summed E-state index contributed by atoms with van der Waals surface area (Å²) in [4.78, 5) is 12.3. The molecular formula is C10H15ClN2O2. The molecule has 0 saturated heterocycles. The highest BCUT2D eigenvalue weighted by molar-refractivity contribution is 5.85. The average Bonchev–Trinajstić information content (AvgIpc) is 2.20. The lowest BCUT2D eigenvalue weighted by Crippen LogP contribution is -2.21. The third-order valence-corrected chi connectivity index (χ3v) is 2.19. The van der Waals surface area contributed by atoms with Gasteiger partial charge in [-0.2, -0.15) is 0 Å². The highest BCUT2D eigenvalue weighted by atomic mass is 35.5. The summed E-state index contributed by atoms with van der Waals surface area (Å²) in [6, 6.07) is 4.86. The third-order valence-electron chi connectivity index (χ3n) is 2.19. The van der Waals surface area contributed by atoms with Crippen molar-refractivity contribution in [3.63, 3.8) is 0 Å². The molecule has 5 heteroatoms. The first-order valence-electron chi connectivity index (χ1n) is 4.64. The third kappa shape index (κ3) is 3.09. The van der Waals surface area contributed by atoms with E-state index in [4.69, 9.17) is 0 Å². The molecule has 0 saturated carbocycles. The molecular weight excluding hydrogens is 216 g/mol. The zero-order valence-corrected chi connectivity index (χ0v) is 9.62. The Morgan fingerprint density at radius 2 is 1.93 bits per heavy atom. The summed E-state index contributed by atoms with van der Waals surface area (Å²) in [6.07, 6.45) is 0. The summed E-state index contributed by atoms with van der Waals surface area (Å²) in [5, 5.41) is 12.1. The predicted octanol–water partition coefficient (Wildman–Crippen LogP) is 3.06. The summed E-state index contributed by atoms with van der Waals surface area (Å²) in [5.74, 6) is -0.0654. The molecule has 1 aromatic rings. The van der Waals surface area contributed by atoms with Gasteiger partial charge in [-0.1, -0.05) is 0 Å². The van der Waals surface area contributed by atoms with Crippen molar-refractivity contribution in [2.75, 3.05) is 18.0 Å². The van der Waals surface area contributed by atoms with Crippen LogP contribution in [0.3, 0.4) is 0 Å². The fraction of sp³-hybridized carbons (Fsp3) is 0.400. The SMILES string of the molecule is CCN(CC)c1ccc(N=O)c(O)c1.Cl. The fourth-order valence-electron chi connectivity index (χ4n) is 1.37. The van der Waals surface area contributed by atoms with Gasteiger partial charge in [-0.05, 0) is 31.2 Å². The van der Waals surface area contributed by atoms with Gasteiger partial charge in [-0.25, -0.2) is 0 Å². The molecule has 0 spiro atoms. The molecule has 0 fully saturated rings. The van der Waals surface area contributed by atoms with Gasteiger partial charge < -0.3 is 10.0 Å². The van der Waals surface area contributed by atoms with Gasteiger partial charge in [0.25, 0.3) is 0 Å². The minimum Gasteiger partial charge on any atom is -0.505 e. The Morgan fingerprint density at radius 3 is 2.33 bits per heavy atom. The molecule has 1 N–H and O–H groups in total. The summed E-state index contributed by atoms with van der Waals surface area (Å²) >= 11 is 0. The van der Waals surface area contributed by atoms with E-state index in [2.05, 4.69) is 10.1 Å². The average molecular weight is 231 g/mol. The number of hydrogen-bond acceptors (Lipinski definition) is 4. The Bertz CT molecular complexity index is 327. The van der Waals surface area contributed by atoms with Crippen molar-refractivity contribution in [3.05, 3.63) is 23.1 Å². The molecule has 1 rings (SSSR count). The van der Waals surface area contributed by atoms with Crippen LogP contribution >= 0.6 is 12.4 Å². The van der Waals surface area contributed by atoms with Gasteiger partial charge in [-0.3, -0.25) is 0 Å². The van der Waals surface area contributed by atoms with Crippen LogP contribution in [0.2, 0.25) is 0 Å². The van der Waals surface area contributed by atoms with E-state index in [0.29, 0.717) is 0 Å². The predicted molar refractivity (Wildman–Crippen MR) is 64.4 cm³/mol. The van der Waals surface area contributed by atoms with E-state index < -0.39 is 0 Å². The van der Waals surface area contributed by atoms with Gasteiger partial charge in [0.05, 0.1) is 0 Å². The monoisotopic (exact) mass is 230 g/mol. The van der Waals surface area contributed by atoms with E-state index >= 15 is 0 Å². The van der Waals surface area contributed by atoms with Gasteiger partial charge >= 0.3 is 0 Å². The van der Waals surface area contributed by atoms with Crippen LogP contribution in [-0.2, 0) is 0 Å². The van der Waals surface area contributed by atoms with Crippen LogP contribution in [0.4, 0.5) is 11.4 Å². The number of nitroso groups, excluding NO2 is 1. The van der Waals surface area contributed by atoms with Crippen LogP contribution in [0.1, 0.15) is 13.8 Å². The Kier molecular flexibility index (Phi) is 5.70. The van der Waals surface area contributed by atoms with E-state index in [-0.39, 0.29) is 23.8 Å². The zero-order chi connectivity index (χ0) is 10.6. The first-order valence-corrected chi connectivity index (χ1v) is 4.64. The molecule has 0 unspecified atom stereocenters. The van der Waals surface area contributed by atoms with E-state index in [9.17, 15) is 10.0 Å². The van der Waals surface area contributed by atoms with E-state index in [0.717, 1.165) is 18.8 Å². The highest BCUT2D eigenvalue weighted by Crippen LogP contribution is 2.30. The van der Waals surface area contributed by atoms with Crippen LogP contribution < -0.4 is 4.90 Å². The molecule has 0 aliphatic heterocycles. The summed E-state index contributed by atoms with van der Waals surface area (Å²) in [5.41, 5.74) is 0.987. The lowest BCUT2D eigenvalue weighted by molar-refractivity contribution is 0.476. The van der Waals surface area contributed by atoms with Crippen molar-refractivity contribution in [2.24, 2.45) is 5.18 Å². The van der Waals surface area contributed by atoms with Crippen LogP contribution in [0.25, 0.3) is 0 Å². The molecule has 0 atom stereocenters. The molecule has 0 radical (unpaired) electrons. The second-order valence-electron chi connectivity index (χ2n) is 2.94. The van der Waals surface area contributed by atoms with Crippen molar-refractivity contribution >= 4 is 23.8 Å². The van der Waals surface area contributed by atoms with E-state index in [1.165, 1.54) is 6.07 Å². The summed E-state index contributed by atoms with van der Waals surface area (Å²) in [6.45, 7) is 5.80. The summed E-state index contributed by atoms with van der Waals surface area (Å²) < 4.78 is 0. The smallest absolute Gasteiger partial charge is 0.149 e. The normalized spacial score (nSPS) is 9.20. The topological polar surface area (TPSA) is 52.9 Å². The largest absolute Gasteiger partial charge is 0.505 e. The van der Waals surface area contributed by atoms with Crippen LogP contribution in [0, 0.1) is 4.91 Å². The molecule has 0 heterocycles. The Morgan fingerprint density at radius 1 is 1.33 bits per heavy atom.